The second-order valence-electron chi connectivity index (χ2n) is 4.68. The maximum absolute atomic E-state index is 11.7. The van der Waals surface area contributed by atoms with Crippen molar-refractivity contribution in [1.29, 1.82) is 0 Å². The molecule has 0 spiro atoms. The first-order valence-corrected chi connectivity index (χ1v) is 7.98. The second-order valence-corrected chi connectivity index (χ2v) is 5.56. The van der Waals surface area contributed by atoms with Crippen LogP contribution < -0.4 is 4.72 Å². The molecule has 0 saturated carbocycles. The van der Waals surface area contributed by atoms with E-state index in [0.29, 0.717) is 17.9 Å². The van der Waals surface area contributed by atoms with Gasteiger partial charge in [-0.15, -0.1) is 0 Å². The number of aromatic hydroxyl groups is 1. The van der Waals surface area contributed by atoms with Crippen molar-refractivity contribution < 1.29 is 24.2 Å². The summed E-state index contributed by atoms with van der Waals surface area (Å²) in [6, 6.07) is 11.5. The molecule has 0 bridgehead atoms. The lowest BCUT2D eigenvalue weighted by Crippen LogP contribution is -2.04. The number of carbonyl (C=O) groups is 2. The summed E-state index contributed by atoms with van der Waals surface area (Å²) in [7, 11) is 1.25. The third-order valence-electron chi connectivity index (χ3n) is 3.03. The van der Waals surface area contributed by atoms with Crippen molar-refractivity contribution in [2.24, 2.45) is 0 Å². The average molecular weight is 347 g/mol. The number of phenols is 1. The van der Waals surface area contributed by atoms with Crippen molar-refractivity contribution in [3.63, 3.8) is 0 Å². The number of hydrogen-bond acceptors (Lipinski definition) is 7. The number of phenolic OH excluding ortho intramolecular Hbond substituents is 1. The minimum atomic E-state index is -0.603. The largest absolute Gasteiger partial charge is 0.507 e. The van der Waals surface area contributed by atoms with Crippen LogP contribution in [-0.4, -0.2) is 30.8 Å². The van der Waals surface area contributed by atoms with E-state index in [0.717, 1.165) is 4.90 Å². The van der Waals surface area contributed by atoms with Crippen LogP contribution in [0, 0.1) is 0 Å². The zero-order chi connectivity index (χ0) is 17.5. The van der Waals surface area contributed by atoms with E-state index in [9.17, 15) is 14.7 Å². The third-order valence-corrected chi connectivity index (χ3v) is 3.86. The van der Waals surface area contributed by atoms with E-state index in [1.807, 2.05) is 6.07 Å². The highest BCUT2D eigenvalue weighted by molar-refractivity contribution is 8.00. The normalized spacial score (nSPS) is 10.1. The fourth-order valence-electron chi connectivity index (χ4n) is 1.90. The fourth-order valence-corrected chi connectivity index (χ4v) is 2.59. The highest BCUT2D eigenvalue weighted by Gasteiger charge is 2.12. The van der Waals surface area contributed by atoms with Crippen molar-refractivity contribution in [1.82, 2.24) is 0 Å². The summed E-state index contributed by atoms with van der Waals surface area (Å²) < 4.78 is 12.6. The van der Waals surface area contributed by atoms with Gasteiger partial charge in [0.05, 0.1) is 19.3 Å². The Morgan fingerprint density at radius 3 is 2.62 bits per heavy atom. The van der Waals surface area contributed by atoms with Crippen LogP contribution in [0.15, 0.2) is 47.4 Å². The molecule has 24 heavy (non-hydrogen) atoms. The topological polar surface area (TPSA) is 84.9 Å². The summed E-state index contributed by atoms with van der Waals surface area (Å²) in [5, 5.41) is 9.85. The van der Waals surface area contributed by atoms with Gasteiger partial charge in [0.1, 0.15) is 11.3 Å². The molecule has 0 atom stereocenters. The maximum Gasteiger partial charge on any atom is 0.341 e. The average Bonchev–Trinajstić information content (AvgIpc) is 2.60. The van der Waals surface area contributed by atoms with Crippen LogP contribution in [0.4, 0.5) is 5.69 Å². The Morgan fingerprint density at radius 2 is 1.96 bits per heavy atom. The fraction of sp³-hybridized carbons (Fsp3) is 0.176. The lowest BCUT2D eigenvalue weighted by molar-refractivity contribution is 0.0525. The molecule has 0 unspecified atom stereocenters. The number of benzene rings is 2. The summed E-state index contributed by atoms with van der Waals surface area (Å²) >= 11 is 1.27. The van der Waals surface area contributed by atoms with Gasteiger partial charge in [0.25, 0.3) is 0 Å². The number of ether oxygens (including phenoxy) is 2. The van der Waals surface area contributed by atoms with Crippen LogP contribution >= 0.6 is 11.9 Å². The molecule has 0 aliphatic heterocycles. The summed E-state index contributed by atoms with van der Waals surface area (Å²) in [5.74, 6) is -1.15. The monoisotopic (exact) mass is 347 g/mol. The predicted molar refractivity (Wildman–Crippen MR) is 91.3 cm³/mol. The number of methoxy groups -OCH3 is 1. The predicted octanol–water partition coefficient (Wildman–Crippen LogP) is 3.47. The number of carbonyl (C=O) groups excluding carboxylic acids is 2. The highest BCUT2D eigenvalue weighted by atomic mass is 32.2. The highest BCUT2D eigenvalue weighted by Crippen LogP contribution is 2.27. The SMILES string of the molecule is CCOC(=O)c1cccc(SNc2ccc(C(=O)OC)c(O)c2)c1. The number of anilines is 1. The Balaban J connectivity index is 2.06. The molecule has 2 aromatic carbocycles. The minimum absolute atomic E-state index is 0.0948. The zero-order valence-electron chi connectivity index (χ0n) is 13.2. The van der Waals surface area contributed by atoms with Gasteiger partial charge < -0.3 is 19.3 Å². The van der Waals surface area contributed by atoms with E-state index in [4.69, 9.17) is 4.74 Å². The van der Waals surface area contributed by atoms with Crippen molar-refractivity contribution in [3.05, 3.63) is 53.6 Å². The molecule has 0 aliphatic carbocycles. The zero-order valence-corrected chi connectivity index (χ0v) is 14.1. The summed E-state index contributed by atoms with van der Waals surface area (Å²) in [4.78, 5) is 23.9. The van der Waals surface area contributed by atoms with E-state index in [2.05, 4.69) is 9.46 Å². The molecule has 0 radical (unpaired) electrons. The molecular weight excluding hydrogens is 330 g/mol. The number of esters is 2. The molecule has 2 aromatic rings. The van der Waals surface area contributed by atoms with Gasteiger partial charge in [0.15, 0.2) is 0 Å². The molecule has 2 N–H and O–H groups in total. The van der Waals surface area contributed by atoms with Crippen LogP contribution in [0.2, 0.25) is 0 Å². The summed E-state index contributed by atoms with van der Waals surface area (Å²) in [6.07, 6.45) is 0. The molecule has 126 valence electrons. The smallest absolute Gasteiger partial charge is 0.341 e. The van der Waals surface area contributed by atoms with E-state index in [-0.39, 0.29) is 17.3 Å². The lowest BCUT2D eigenvalue weighted by atomic mass is 10.2. The van der Waals surface area contributed by atoms with Gasteiger partial charge >= 0.3 is 11.9 Å². The third kappa shape index (κ3) is 4.42. The van der Waals surface area contributed by atoms with Gasteiger partial charge in [-0.05, 0) is 49.2 Å². The summed E-state index contributed by atoms with van der Waals surface area (Å²) in [5.41, 5.74) is 1.16. The van der Waals surface area contributed by atoms with E-state index >= 15 is 0 Å². The maximum atomic E-state index is 11.7. The Morgan fingerprint density at radius 1 is 1.17 bits per heavy atom. The standard InChI is InChI=1S/C17H17NO5S/c1-3-23-16(20)11-5-4-6-13(9-11)24-18-12-7-8-14(15(19)10-12)17(21)22-2/h4-10,18-19H,3H2,1-2H3. The van der Waals surface area contributed by atoms with Crippen molar-refractivity contribution in [2.75, 3.05) is 18.4 Å². The van der Waals surface area contributed by atoms with Gasteiger partial charge in [0, 0.05) is 16.6 Å². The van der Waals surface area contributed by atoms with E-state index in [1.165, 1.54) is 31.2 Å². The molecule has 0 saturated heterocycles. The van der Waals surface area contributed by atoms with Gasteiger partial charge in [-0.2, -0.15) is 0 Å². The van der Waals surface area contributed by atoms with Crippen LogP contribution in [0.1, 0.15) is 27.6 Å². The molecule has 2 rings (SSSR count). The summed E-state index contributed by atoms with van der Waals surface area (Å²) in [6.45, 7) is 2.07. The molecule has 0 aliphatic rings. The Hall–Kier alpha value is -2.67. The van der Waals surface area contributed by atoms with Gasteiger partial charge in [-0.3, -0.25) is 0 Å². The van der Waals surface area contributed by atoms with Crippen LogP contribution in [0.3, 0.4) is 0 Å². The van der Waals surface area contributed by atoms with Crippen LogP contribution in [-0.2, 0) is 9.47 Å². The quantitative estimate of drug-likeness (QED) is 0.611. The molecule has 0 aromatic heterocycles. The van der Waals surface area contributed by atoms with Gasteiger partial charge in [-0.25, -0.2) is 9.59 Å². The molecular formula is C17H17NO5S. The van der Waals surface area contributed by atoms with Gasteiger partial charge in [0.2, 0.25) is 0 Å². The van der Waals surface area contributed by atoms with E-state index in [1.54, 1.807) is 31.2 Å². The molecule has 0 fully saturated rings. The molecule has 0 heterocycles. The second kappa shape index (κ2) is 8.26. The Kier molecular flexibility index (Phi) is 6.08. The first-order valence-electron chi connectivity index (χ1n) is 7.16. The molecule has 6 nitrogen and oxygen atoms in total. The van der Waals surface area contributed by atoms with Crippen LogP contribution in [0.5, 0.6) is 5.75 Å². The van der Waals surface area contributed by atoms with Crippen molar-refractivity contribution in [2.45, 2.75) is 11.8 Å². The first-order chi connectivity index (χ1) is 11.5. The molecule has 0 amide bonds. The minimum Gasteiger partial charge on any atom is -0.507 e. The first kappa shape index (κ1) is 17.7. The Bertz CT molecular complexity index is 748. The number of rotatable bonds is 6. The molecule has 7 heteroatoms. The lowest BCUT2D eigenvalue weighted by Gasteiger charge is -2.09. The number of nitrogens with one attached hydrogen (secondary N) is 1. The van der Waals surface area contributed by atoms with Crippen LogP contribution in [0.25, 0.3) is 0 Å². The van der Waals surface area contributed by atoms with Crippen molar-refractivity contribution in [3.8, 4) is 5.75 Å². The number of hydrogen-bond donors (Lipinski definition) is 2. The Labute approximate surface area is 143 Å². The van der Waals surface area contributed by atoms with E-state index < -0.39 is 5.97 Å². The van der Waals surface area contributed by atoms with Gasteiger partial charge in [-0.1, -0.05) is 6.07 Å². The van der Waals surface area contributed by atoms with Crippen molar-refractivity contribution >= 4 is 29.6 Å².